The number of carbonyl (C=O) groups is 12. The van der Waals surface area contributed by atoms with Gasteiger partial charge in [0.2, 0.25) is 0 Å². The Hall–Kier alpha value is -11.3. The Morgan fingerprint density at radius 2 is 0.580 bits per heavy atom. The number of fused-ring (bicyclic) bond motifs is 7. The summed E-state index contributed by atoms with van der Waals surface area (Å²) in [7, 11) is 0. The Morgan fingerprint density at radius 1 is 0.295 bits per heavy atom. The van der Waals surface area contributed by atoms with E-state index in [4.69, 9.17) is 9.47 Å². The lowest BCUT2D eigenvalue weighted by Gasteiger charge is -2.27. The van der Waals surface area contributed by atoms with E-state index in [1.807, 2.05) is 107 Å². The lowest BCUT2D eigenvalue weighted by atomic mass is 9.81. The normalized spacial score (nSPS) is 14.7. The van der Waals surface area contributed by atoms with Crippen LogP contribution in [0.2, 0.25) is 0 Å². The first kappa shape index (κ1) is 62.8. The molecule has 27 heteroatoms. The van der Waals surface area contributed by atoms with E-state index in [0.29, 0.717) is 27.8 Å². The summed E-state index contributed by atoms with van der Waals surface area (Å²) in [5.41, 5.74) is 2.85. The Kier molecular flexibility index (Phi) is 17.1. The largest absolute Gasteiger partial charge is 0.468 e. The van der Waals surface area contributed by atoms with Gasteiger partial charge in [0, 0.05) is 29.4 Å². The number of nitrogens with zero attached hydrogens (tertiary/aromatic N) is 7. The van der Waals surface area contributed by atoms with E-state index >= 15 is 0 Å². The predicted octanol–water partition coefficient (Wildman–Crippen LogP) is 5.29. The first-order chi connectivity index (χ1) is 41.1. The molecule has 6 N–H and O–H groups in total. The van der Waals surface area contributed by atoms with E-state index < -0.39 is 52.6 Å². The van der Waals surface area contributed by atoms with Gasteiger partial charge in [-0.05, 0) is 88.7 Å². The van der Waals surface area contributed by atoms with Crippen molar-refractivity contribution in [3.8, 4) is 11.8 Å². The Bertz CT molecular complexity index is 3770. The molecule has 3 aromatic carbocycles. The summed E-state index contributed by atoms with van der Waals surface area (Å²) in [6, 6.07) is 21.1. The number of carbonyl (C=O) groups excluding carboxylic acids is 12. The molecule has 0 spiro atoms. The Balaban J connectivity index is 0.000000139. The number of hydrogen-bond acceptors (Lipinski definition) is 21. The molecule has 0 bridgehead atoms. The average Bonchev–Trinajstić information content (AvgIpc) is 4.15. The molecule has 7 aromatic rings. The summed E-state index contributed by atoms with van der Waals surface area (Å²) < 4.78 is 11.4. The second-order valence-corrected chi connectivity index (χ2v) is 23.7. The number of amides is 12. The Morgan fingerprint density at radius 3 is 0.943 bits per heavy atom. The van der Waals surface area contributed by atoms with Gasteiger partial charge in [0.25, 0.3) is 82.6 Å². The Labute approximate surface area is 501 Å². The standard InChI is InChI=1S/C14H19N3O4.C14H19N3O2.C12H7NO2.C8H5NO2.C7H4N2O2.C6H3N3O2/c1-13(2,3)20-11-12(21-14(4,5)6)16-8-7(15-11)9(18)17-10(8)19;1-13(2,3)9-10(14(4,5)6)16-8-7(15-9)11(18)17-12(8)19;14-11-9-5-7-3-1-2-4-8(7)6-10(9)12(15)13-11;10-7-5-3-1-2-4-6(5)8(11)9-7;10-6-4-2-1-3-8-5(4)7(11)9-6;10-5-3-4(6(11)9-5)8-2-1-7-3/h1-6H3,(H,17,18,19);1-6H3,(H,17,18,19);1-6H,(H,13,14,15);1-4H,(H,9,10,11);1-3H,(H,9,10,11);1-2H,(H,9,10,11). The van der Waals surface area contributed by atoms with E-state index in [1.165, 1.54) is 18.6 Å². The van der Waals surface area contributed by atoms with Crippen molar-refractivity contribution in [3.63, 3.8) is 0 Å². The van der Waals surface area contributed by atoms with Gasteiger partial charge in [-0.2, -0.15) is 0 Å². The number of pyridine rings is 1. The maximum Gasteiger partial charge on any atom is 0.279 e. The highest BCUT2D eigenvalue weighted by Gasteiger charge is 2.38. The van der Waals surface area contributed by atoms with Crippen LogP contribution in [0.1, 0.15) is 220 Å². The molecule has 0 saturated carbocycles. The van der Waals surface area contributed by atoms with E-state index in [9.17, 15) is 57.5 Å². The third-order valence-electron chi connectivity index (χ3n) is 12.4. The third kappa shape index (κ3) is 13.9. The molecule has 4 aromatic heterocycles. The van der Waals surface area contributed by atoms with Crippen molar-refractivity contribution in [2.45, 2.75) is 105 Å². The fraction of sp³-hybridized carbons (Fsp3) is 0.262. The molecule has 27 nitrogen and oxygen atoms in total. The number of ether oxygens (including phenoxy) is 2. The summed E-state index contributed by atoms with van der Waals surface area (Å²) in [6.45, 7) is 23.2. The summed E-state index contributed by atoms with van der Waals surface area (Å²) in [6.07, 6.45) is 4.23. The zero-order valence-electron chi connectivity index (χ0n) is 49.5. The molecule has 0 unspecified atom stereocenters. The monoisotopic (exact) mass is 1200 g/mol. The van der Waals surface area contributed by atoms with E-state index in [2.05, 4.69) is 66.8 Å². The van der Waals surface area contributed by atoms with Gasteiger partial charge in [-0.3, -0.25) is 94.4 Å². The van der Waals surface area contributed by atoms with Gasteiger partial charge >= 0.3 is 0 Å². The molecule has 6 aliphatic heterocycles. The predicted molar refractivity (Wildman–Crippen MR) is 310 cm³/mol. The number of benzene rings is 3. The maximum absolute atomic E-state index is 11.7. The van der Waals surface area contributed by atoms with Crippen molar-refractivity contribution in [1.29, 1.82) is 0 Å². The minimum absolute atomic E-state index is 0.0412. The SMILES string of the molecule is CC(C)(C)Oc1nc2c(nc1OC(C)(C)C)C(=O)NC2=O.CC(C)(C)c1nc2c(nc1C(C)(C)C)C(=O)NC2=O.O=C1NC(=O)c2cc3ccccc3cc21.O=C1NC(=O)c2ccccc21.O=C1NC(=O)c2ncccc21.O=C1NC(=O)c2nccnc21. The first-order valence-electron chi connectivity index (χ1n) is 26.8. The molecular formula is C61H57N13O14. The van der Waals surface area contributed by atoms with Crippen LogP contribution in [0.5, 0.6) is 11.8 Å². The van der Waals surface area contributed by atoms with Gasteiger partial charge in [-0.1, -0.05) is 77.9 Å². The van der Waals surface area contributed by atoms with Gasteiger partial charge in [0.15, 0.2) is 34.2 Å². The topological polar surface area (TPSA) is 386 Å². The summed E-state index contributed by atoms with van der Waals surface area (Å²) >= 11 is 0. The fourth-order valence-corrected chi connectivity index (χ4v) is 8.54. The number of hydrogen-bond donors (Lipinski definition) is 6. The minimum Gasteiger partial charge on any atom is -0.468 e. The lowest BCUT2D eigenvalue weighted by molar-refractivity contribution is 0.0841. The molecule has 0 atom stereocenters. The zero-order valence-corrected chi connectivity index (χ0v) is 49.5. The molecule has 6 aliphatic rings. The number of nitrogens with one attached hydrogen (secondary N) is 6. The molecule has 10 heterocycles. The van der Waals surface area contributed by atoms with Crippen molar-refractivity contribution >= 4 is 81.7 Å². The van der Waals surface area contributed by atoms with Crippen molar-refractivity contribution < 1.29 is 67.0 Å². The van der Waals surface area contributed by atoms with Crippen LogP contribution >= 0.6 is 0 Å². The van der Waals surface area contributed by atoms with Gasteiger partial charge in [0.05, 0.1) is 39.2 Å². The zero-order chi connectivity index (χ0) is 64.5. The number of imide groups is 6. The minimum atomic E-state index is -0.580. The molecule has 13 rings (SSSR count). The van der Waals surface area contributed by atoms with Crippen LogP contribution in [-0.2, 0) is 10.8 Å². The second-order valence-electron chi connectivity index (χ2n) is 23.7. The van der Waals surface area contributed by atoms with Crippen LogP contribution in [0.3, 0.4) is 0 Å². The van der Waals surface area contributed by atoms with E-state index in [-0.39, 0.29) is 92.0 Å². The van der Waals surface area contributed by atoms with Crippen molar-refractivity contribution in [3.05, 3.63) is 170 Å². The van der Waals surface area contributed by atoms with E-state index in [1.54, 1.807) is 48.5 Å². The lowest BCUT2D eigenvalue weighted by Crippen LogP contribution is -2.28. The maximum atomic E-state index is 11.7. The second kappa shape index (κ2) is 24.0. The molecule has 0 aliphatic carbocycles. The van der Waals surface area contributed by atoms with Crippen LogP contribution in [0.15, 0.2) is 91.4 Å². The highest BCUT2D eigenvalue weighted by molar-refractivity contribution is 6.24. The quantitative estimate of drug-likeness (QED) is 0.120. The fourth-order valence-electron chi connectivity index (χ4n) is 8.54. The average molecular weight is 1200 g/mol. The van der Waals surface area contributed by atoms with Gasteiger partial charge in [0.1, 0.15) is 16.9 Å². The van der Waals surface area contributed by atoms with Crippen LogP contribution in [0.25, 0.3) is 10.8 Å². The highest BCUT2D eigenvalue weighted by Crippen LogP contribution is 2.34. The van der Waals surface area contributed by atoms with Crippen LogP contribution in [-0.4, -0.2) is 117 Å². The smallest absolute Gasteiger partial charge is 0.279 e. The molecule has 0 saturated heterocycles. The molecule has 450 valence electrons. The molecule has 12 amide bonds. The molecule has 0 fully saturated rings. The third-order valence-corrected chi connectivity index (χ3v) is 12.4. The number of rotatable bonds is 2. The summed E-state index contributed by atoms with van der Waals surface area (Å²) in [5.74, 6) is -4.82. The van der Waals surface area contributed by atoms with Crippen LogP contribution in [0.4, 0.5) is 0 Å². The van der Waals surface area contributed by atoms with E-state index in [0.717, 1.165) is 22.2 Å². The summed E-state index contributed by atoms with van der Waals surface area (Å²) in [5, 5.41) is 15.0. The summed E-state index contributed by atoms with van der Waals surface area (Å²) in [4.78, 5) is 163. The van der Waals surface area contributed by atoms with Crippen molar-refractivity contribution in [1.82, 2.24) is 66.8 Å². The van der Waals surface area contributed by atoms with Crippen molar-refractivity contribution in [2.75, 3.05) is 0 Å². The van der Waals surface area contributed by atoms with Gasteiger partial charge in [-0.25, -0.2) is 29.9 Å². The van der Waals surface area contributed by atoms with Crippen LogP contribution < -0.4 is 41.4 Å². The first-order valence-corrected chi connectivity index (χ1v) is 26.8. The highest BCUT2D eigenvalue weighted by atomic mass is 16.6. The number of aromatic nitrogens is 7. The van der Waals surface area contributed by atoms with Gasteiger partial charge in [-0.15, -0.1) is 0 Å². The molecule has 0 radical (unpaired) electrons. The van der Waals surface area contributed by atoms with Gasteiger partial charge < -0.3 is 9.47 Å². The molecule has 88 heavy (non-hydrogen) atoms. The van der Waals surface area contributed by atoms with Crippen molar-refractivity contribution in [2.24, 2.45) is 0 Å². The van der Waals surface area contributed by atoms with Crippen LogP contribution in [0, 0.1) is 0 Å². The molecular weight excluding hydrogens is 1140 g/mol.